The second kappa shape index (κ2) is 6.00. The highest BCUT2D eigenvalue weighted by molar-refractivity contribution is 5.78. The molecule has 0 aromatic carbocycles. The summed E-state index contributed by atoms with van der Waals surface area (Å²) in [4.78, 5) is 15.9. The molecule has 1 aliphatic carbocycles. The maximum absolute atomic E-state index is 11.7. The number of nitrogens with one attached hydrogen (secondary N) is 2. The van der Waals surface area contributed by atoms with Gasteiger partial charge in [0, 0.05) is 6.04 Å². The SMILES string of the molecule is Cc1cnc(C(C)NC(=O)CNC2CCCC2)o1. The smallest absolute Gasteiger partial charge is 0.234 e. The molecule has 1 fully saturated rings. The van der Waals surface area contributed by atoms with Crippen LogP contribution < -0.4 is 10.6 Å². The number of amides is 1. The summed E-state index contributed by atoms with van der Waals surface area (Å²) < 4.78 is 5.38. The first kappa shape index (κ1) is 13.1. The summed E-state index contributed by atoms with van der Waals surface area (Å²) in [6.07, 6.45) is 6.56. The van der Waals surface area contributed by atoms with Crippen LogP contribution in [0.5, 0.6) is 0 Å². The van der Waals surface area contributed by atoms with Gasteiger partial charge in [0.05, 0.1) is 12.7 Å². The quantitative estimate of drug-likeness (QED) is 0.835. The molecule has 0 radical (unpaired) electrons. The molecule has 1 aromatic rings. The average molecular weight is 251 g/mol. The van der Waals surface area contributed by atoms with E-state index in [1.807, 2.05) is 13.8 Å². The first-order chi connectivity index (χ1) is 8.65. The molecule has 1 amide bonds. The minimum Gasteiger partial charge on any atom is -0.444 e. The van der Waals surface area contributed by atoms with E-state index in [2.05, 4.69) is 15.6 Å². The second-order valence-corrected chi connectivity index (χ2v) is 4.96. The number of nitrogens with zero attached hydrogens (tertiary/aromatic N) is 1. The minimum absolute atomic E-state index is 0.00902. The summed E-state index contributed by atoms with van der Waals surface area (Å²) in [6, 6.07) is 0.326. The lowest BCUT2D eigenvalue weighted by molar-refractivity contribution is -0.121. The summed E-state index contributed by atoms with van der Waals surface area (Å²) in [5, 5.41) is 6.16. The van der Waals surface area contributed by atoms with E-state index in [1.54, 1.807) is 6.20 Å². The van der Waals surface area contributed by atoms with Crippen LogP contribution >= 0.6 is 0 Å². The Hall–Kier alpha value is -1.36. The monoisotopic (exact) mass is 251 g/mol. The third kappa shape index (κ3) is 3.57. The zero-order chi connectivity index (χ0) is 13.0. The Balaban J connectivity index is 1.73. The first-order valence-electron chi connectivity index (χ1n) is 6.60. The van der Waals surface area contributed by atoms with Gasteiger partial charge in [0.2, 0.25) is 11.8 Å². The molecule has 1 heterocycles. The van der Waals surface area contributed by atoms with Crippen LogP contribution in [0.3, 0.4) is 0 Å². The number of rotatable bonds is 5. The van der Waals surface area contributed by atoms with Crippen LogP contribution in [-0.4, -0.2) is 23.5 Å². The minimum atomic E-state index is -0.184. The van der Waals surface area contributed by atoms with Gasteiger partial charge >= 0.3 is 0 Å². The molecule has 0 spiro atoms. The van der Waals surface area contributed by atoms with Gasteiger partial charge in [-0.3, -0.25) is 4.79 Å². The molecule has 18 heavy (non-hydrogen) atoms. The molecule has 1 saturated carbocycles. The first-order valence-corrected chi connectivity index (χ1v) is 6.60. The fourth-order valence-electron chi connectivity index (χ4n) is 2.29. The molecule has 100 valence electrons. The molecule has 5 nitrogen and oxygen atoms in total. The molecule has 2 rings (SSSR count). The highest BCUT2D eigenvalue weighted by atomic mass is 16.4. The molecule has 5 heteroatoms. The van der Waals surface area contributed by atoms with Crippen molar-refractivity contribution in [3.8, 4) is 0 Å². The van der Waals surface area contributed by atoms with E-state index in [0.717, 1.165) is 5.76 Å². The number of hydrogen-bond acceptors (Lipinski definition) is 4. The highest BCUT2D eigenvalue weighted by Gasteiger charge is 2.17. The fraction of sp³-hybridized carbons (Fsp3) is 0.692. The summed E-state index contributed by atoms with van der Waals surface area (Å²) in [6.45, 7) is 4.08. The maximum Gasteiger partial charge on any atom is 0.234 e. The lowest BCUT2D eigenvalue weighted by Crippen LogP contribution is -2.39. The van der Waals surface area contributed by atoms with Crippen LogP contribution in [0.4, 0.5) is 0 Å². The normalized spacial score (nSPS) is 17.9. The van der Waals surface area contributed by atoms with Crippen LogP contribution in [0.25, 0.3) is 0 Å². The Morgan fingerprint density at radius 2 is 2.28 bits per heavy atom. The van der Waals surface area contributed by atoms with Crippen molar-refractivity contribution in [2.75, 3.05) is 6.54 Å². The molecule has 0 saturated heterocycles. The van der Waals surface area contributed by atoms with Crippen molar-refractivity contribution >= 4 is 5.91 Å². The molecule has 1 aliphatic rings. The van der Waals surface area contributed by atoms with Crippen LogP contribution in [0.2, 0.25) is 0 Å². The van der Waals surface area contributed by atoms with E-state index < -0.39 is 0 Å². The Morgan fingerprint density at radius 1 is 1.56 bits per heavy atom. The van der Waals surface area contributed by atoms with Crippen molar-refractivity contribution in [3.63, 3.8) is 0 Å². The molecule has 1 atom stereocenters. The summed E-state index contributed by atoms with van der Waals surface area (Å²) >= 11 is 0. The van der Waals surface area contributed by atoms with Crippen LogP contribution in [0, 0.1) is 6.92 Å². The second-order valence-electron chi connectivity index (χ2n) is 4.96. The fourth-order valence-corrected chi connectivity index (χ4v) is 2.29. The number of carbonyl (C=O) groups excluding carboxylic acids is 1. The third-order valence-electron chi connectivity index (χ3n) is 3.29. The Kier molecular flexibility index (Phi) is 4.36. The van der Waals surface area contributed by atoms with Crippen LogP contribution in [0.1, 0.15) is 50.3 Å². The van der Waals surface area contributed by atoms with Crippen molar-refractivity contribution in [2.45, 2.75) is 51.6 Å². The van der Waals surface area contributed by atoms with Crippen molar-refractivity contribution in [1.82, 2.24) is 15.6 Å². The predicted octanol–water partition coefficient (Wildman–Crippen LogP) is 1.69. The number of hydrogen-bond donors (Lipinski definition) is 2. The predicted molar refractivity (Wildman–Crippen MR) is 68.1 cm³/mol. The van der Waals surface area contributed by atoms with E-state index in [9.17, 15) is 4.79 Å². The summed E-state index contributed by atoms with van der Waals surface area (Å²) in [7, 11) is 0. The van der Waals surface area contributed by atoms with Crippen molar-refractivity contribution in [3.05, 3.63) is 17.8 Å². The van der Waals surface area contributed by atoms with Gasteiger partial charge in [0.15, 0.2) is 0 Å². The van der Waals surface area contributed by atoms with Gasteiger partial charge in [0.25, 0.3) is 0 Å². The molecule has 2 N–H and O–H groups in total. The molecule has 0 aliphatic heterocycles. The van der Waals surface area contributed by atoms with Crippen molar-refractivity contribution in [1.29, 1.82) is 0 Å². The van der Waals surface area contributed by atoms with Crippen LogP contribution in [0.15, 0.2) is 10.6 Å². The van der Waals surface area contributed by atoms with Gasteiger partial charge < -0.3 is 15.1 Å². The van der Waals surface area contributed by atoms with E-state index in [-0.39, 0.29) is 11.9 Å². The molecular weight excluding hydrogens is 230 g/mol. The molecule has 0 bridgehead atoms. The Labute approximate surface area is 107 Å². The van der Waals surface area contributed by atoms with Gasteiger partial charge in [-0.1, -0.05) is 12.8 Å². The summed E-state index contributed by atoms with van der Waals surface area (Å²) in [5.41, 5.74) is 0. The lowest BCUT2D eigenvalue weighted by atomic mass is 10.2. The van der Waals surface area contributed by atoms with Crippen molar-refractivity contribution in [2.24, 2.45) is 0 Å². The van der Waals surface area contributed by atoms with E-state index >= 15 is 0 Å². The zero-order valence-corrected chi connectivity index (χ0v) is 11.0. The largest absolute Gasteiger partial charge is 0.444 e. The van der Waals surface area contributed by atoms with Gasteiger partial charge in [-0.2, -0.15) is 0 Å². The third-order valence-corrected chi connectivity index (χ3v) is 3.29. The number of aryl methyl sites for hydroxylation is 1. The maximum atomic E-state index is 11.7. The standard InChI is InChI=1S/C13H21N3O2/c1-9-7-15-13(18-9)10(2)16-12(17)8-14-11-5-3-4-6-11/h7,10-11,14H,3-6,8H2,1-2H3,(H,16,17). The molecule has 1 unspecified atom stereocenters. The van der Waals surface area contributed by atoms with E-state index in [0.29, 0.717) is 18.5 Å². The zero-order valence-electron chi connectivity index (χ0n) is 11.0. The van der Waals surface area contributed by atoms with E-state index in [1.165, 1.54) is 25.7 Å². The average Bonchev–Trinajstić information content (AvgIpc) is 2.97. The Morgan fingerprint density at radius 3 is 2.89 bits per heavy atom. The van der Waals surface area contributed by atoms with Crippen molar-refractivity contribution < 1.29 is 9.21 Å². The van der Waals surface area contributed by atoms with Gasteiger partial charge in [-0.05, 0) is 26.7 Å². The number of carbonyl (C=O) groups is 1. The Bertz CT molecular complexity index is 397. The van der Waals surface area contributed by atoms with Crippen LogP contribution in [-0.2, 0) is 4.79 Å². The van der Waals surface area contributed by atoms with E-state index in [4.69, 9.17) is 4.42 Å². The molecule has 1 aromatic heterocycles. The van der Waals surface area contributed by atoms with Gasteiger partial charge in [-0.25, -0.2) is 4.98 Å². The lowest BCUT2D eigenvalue weighted by Gasteiger charge is -2.14. The number of oxazole rings is 1. The summed E-state index contributed by atoms with van der Waals surface area (Å²) in [5.74, 6) is 1.31. The highest BCUT2D eigenvalue weighted by Crippen LogP contribution is 2.17. The van der Waals surface area contributed by atoms with Gasteiger partial charge in [-0.15, -0.1) is 0 Å². The molecular formula is C13H21N3O2. The topological polar surface area (TPSA) is 67.2 Å². The van der Waals surface area contributed by atoms with Gasteiger partial charge in [0.1, 0.15) is 11.8 Å². The number of aromatic nitrogens is 1.